The number of piperidine rings is 2. The Morgan fingerprint density at radius 2 is 1.70 bits per heavy atom. The normalized spacial score (nSPS) is 18.0. The number of pyridine rings is 2. The summed E-state index contributed by atoms with van der Waals surface area (Å²) in [6, 6.07) is 14.9. The summed E-state index contributed by atoms with van der Waals surface area (Å²) in [6.45, 7) is 6.30. The lowest BCUT2D eigenvalue weighted by atomic mass is 9.89. The molecule has 1 unspecified atom stereocenters. The number of nitrogens with zero attached hydrogens (tertiary/aromatic N) is 6. The van der Waals surface area contributed by atoms with Gasteiger partial charge in [-0.05, 0) is 79.9 Å². The number of piperazine rings is 1. The molecule has 16 nitrogen and oxygen atoms in total. The molecule has 0 aliphatic carbocycles. The summed E-state index contributed by atoms with van der Waals surface area (Å²) in [5.41, 5.74) is 1.23. The highest BCUT2D eigenvalue weighted by Crippen LogP contribution is 2.32. The molecule has 330 valence electrons. The molecule has 0 spiro atoms. The Labute approximate surface area is 362 Å². The molecule has 0 bridgehead atoms. The van der Waals surface area contributed by atoms with Crippen molar-refractivity contribution < 1.29 is 41.1 Å². The van der Waals surface area contributed by atoms with Gasteiger partial charge in [0.25, 0.3) is 5.91 Å². The second-order valence-corrected chi connectivity index (χ2v) is 17.7. The van der Waals surface area contributed by atoms with Gasteiger partial charge < -0.3 is 24.4 Å². The second kappa shape index (κ2) is 18.2. The third-order valence-corrected chi connectivity index (χ3v) is 13.6. The molecule has 5 aromatic rings. The molecule has 2 aromatic carbocycles. The van der Waals surface area contributed by atoms with Crippen LogP contribution in [0.15, 0.2) is 73.2 Å². The van der Waals surface area contributed by atoms with Crippen LogP contribution in [0.1, 0.15) is 60.0 Å². The maximum absolute atomic E-state index is 15.6. The van der Waals surface area contributed by atoms with Gasteiger partial charge in [0.15, 0.2) is 11.9 Å². The molecule has 0 radical (unpaired) electrons. The second-order valence-electron chi connectivity index (χ2n) is 15.9. The van der Waals surface area contributed by atoms with Gasteiger partial charge in [-0.2, -0.15) is 12.7 Å². The number of amides is 3. The standard InChI is InChI=1S/C44H47F2N9O7S/c1-3-52(2)63(60,61)51-35-10-9-34(45)40(41(35)46)42(58)33-25-49-43-32(33)22-30(24-48-43)29-6-12-37(47-23-29)55-21-20-54(39(57)26-55)19-18-53-16-14-28(15-17-53)27-4-7-31(8-5-27)62-36-11-13-38(56)50-44(36)59/h4-10,12,22-25,28,36,51H,3,11,13-21,26H2,1-2H3,(H,48,49)(H,50,56,59). The molecular weight excluding hydrogens is 837 g/mol. The van der Waals surface area contributed by atoms with E-state index in [0.717, 1.165) is 48.9 Å². The number of ether oxygens (including phenoxy) is 1. The number of hydrogen-bond acceptors (Lipinski definition) is 11. The van der Waals surface area contributed by atoms with Crippen molar-refractivity contribution in [3.05, 3.63) is 102 Å². The van der Waals surface area contributed by atoms with Crippen LogP contribution >= 0.6 is 0 Å². The van der Waals surface area contributed by atoms with Crippen LogP contribution in [-0.4, -0.2) is 126 Å². The molecule has 63 heavy (non-hydrogen) atoms. The van der Waals surface area contributed by atoms with Crippen LogP contribution in [0.25, 0.3) is 22.2 Å². The predicted octanol–water partition coefficient (Wildman–Crippen LogP) is 4.45. The van der Waals surface area contributed by atoms with Crippen LogP contribution in [-0.2, 0) is 24.6 Å². The zero-order valence-electron chi connectivity index (χ0n) is 34.8. The Bertz CT molecular complexity index is 2650. The SMILES string of the molecule is CCN(C)S(=O)(=O)Nc1ccc(F)c(C(=O)c2c[nH]c3ncc(-c4ccc(N5CCN(CCN6CCC(c7ccc(OC8CCC(=O)NC8=O)cc7)CC6)C(=O)C5)nc4)cc23)c1F. The van der Waals surface area contributed by atoms with Crippen molar-refractivity contribution in [3.8, 4) is 16.9 Å². The van der Waals surface area contributed by atoms with Gasteiger partial charge in [-0.25, -0.2) is 18.7 Å². The maximum atomic E-state index is 15.6. The molecule has 8 rings (SSSR count). The van der Waals surface area contributed by atoms with Gasteiger partial charge in [0.2, 0.25) is 17.6 Å². The lowest BCUT2D eigenvalue weighted by Gasteiger charge is -2.37. The lowest BCUT2D eigenvalue weighted by molar-refractivity contribution is -0.139. The molecular formula is C44H47F2N9O7S. The summed E-state index contributed by atoms with van der Waals surface area (Å²) in [5.74, 6) is -2.51. The lowest BCUT2D eigenvalue weighted by Crippen LogP contribution is -2.52. The van der Waals surface area contributed by atoms with Crippen LogP contribution in [0.3, 0.4) is 0 Å². The molecule has 3 aliphatic heterocycles. The third kappa shape index (κ3) is 9.40. The largest absolute Gasteiger partial charge is 0.481 e. The minimum Gasteiger partial charge on any atom is -0.481 e. The van der Waals surface area contributed by atoms with Crippen molar-refractivity contribution in [3.63, 3.8) is 0 Å². The van der Waals surface area contributed by atoms with Crippen molar-refractivity contribution in [2.75, 3.05) is 69.0 Å². The molecule has 3 aromatic heterocycles. The number of ketones is 1. The molecule has 1 atom stereocenters. The van der Waals surface area contributed by atoms with Crippen LogP contribution in [0.5, 0.6) is 5.75 Å². The number of halogens is 2. The number of fused-ring (bicyclic) bond motifs is 1. The number of nitrogens with one attached hydrogen (secondary N) is 3. The first-order valence-electron chi connectivity index (χ1n) is 20.8. The number of rotatable bonds is 14. The molecule has 6 heterocycles. The van der Waals surface area contributed by atoms with E-state index in [9.17, 15) is 27.6 Å². The van der Waals surface area contributed by atoms with E-state index in [1.807, 2.05) is 46.2 Å². The van der Waals surface area contributed by atoms with E-state index in [1.165, 1.54) is 18.8 Å². The molecule has 0 saturated carbocycles. The van der Waals surface area contributed by atoms with Crippen LogP contribution in [0.2, 0.25) is 0 Å². The van der Waals surface area contributed by atoms with Crippen LogP contribution in [0.4, 0.5) is 20.3 Å². The maximum Gasteiger partial charge on any atom is 0.301 e. The Kier molecular flexibility index (Phi) is 12.5. The van der Waals surface area contributed by atoms with Gasteiger partial charge in [-0.15, -0.1) is 0 Å². The number of aromatic amines is 1. The quantitative estimate of drug-likeness (QED) is 0.106. The van der Waals surface area contributed by atoms with E-state index < -0.39 is 50.9 Å². The number of benzene rings is 2. The van der Waals surface area contributed by atoms with E-state index in [4.69, 9.17) is 4.74 Å². The van der Waals surface area contributed by atoms with Gasteiger partial charge in [-0.3, -0.25) is 29.2 Å². The van der Waals surface area contributed by atoms with Crippen molar-refractivity contribution in [2.24, 2.45) is 0 Å². The van der Waals surface area contributed by atoms with E-state index in [0.29, 0.717) is 65.7 Å². The summed E-state index contributed by atoms with van der Waals surface area (Å²) in [4.78, 5) is 68.5. The summed E-state index contributed by atoms with van der Waals surface area (Å²) in [5, 5.41) is 2.62. The van der Waals surface area contributed by atoms with Crippen molar-refractivity contribution in [1.82, 2.24) is 34.4 Å². The highest BCUT2D eigenvalue weighted by Gasteiger charge is 2.30. The molecule has 3 saturated heterocycles. The predicted molar refractivity (Wildman–Crippen MR) is 230 cm³/mol. The monoisotopic (exact) mass is 883 g/mol. The fourth-order valence-electron chi connectivity index (χ4n) is 8.12. The van der Waals surface area contributed by atoms with E-state index in [-0.39, 0.29) is 36.9 Å². The zero-order chi connectivity index (χ0) is 44.4. The number of H-pyrrole nitrogens is 1. The Balaban J connectivity index is 0.836. The van der Waals surface area contributed by atoms with Gasteiger partial charge in [0.1, 0.15) is 23.0 Å². The van der Waals surface area contributed by atoms with Gasteiger partial charge in [0.05, 0.1) is 17.8 Å². The average Bonchev–Trinajstić information content (AvgIpc) is 3.72. The summed E-state index contributed by atoms with van der Waals surface area (Å²) in [7, 11) is -2.86. The molecule has 3 amide bonds. The van der Waals surface area contributed by atoms with Crippen LogP contribution in [0, 0.1) is 11.6 Å². The molecule has 3 aliphatic rings. The zero-order valence-corrected chi connectivity index (χ0v) is 35.6. The Morgan fingerprint density at radius 3 is 2.40 bits per heavy atom. The van der Waals surface area contributed by atoms with E-state index in [2.05, 4.69) is 29.9 Å². The van der Waals surface area contributed by atoms with E-state index in [1.54, 1.807) is 25.4 Å². The summed E-state index contributed by atoms with van der Waals surface area (Å²) < 4.78 is 64.6. The molecule has 19 heteroatoms. The number of aromatic nitrogens is 3. The van der Waals surface area contributed by atoms with Crippen molar-refractivity contribution in [2.45, 2.75) is 44.6 Å². The minimum absolute atomic E-state index is 0.0186. The van der Waals surface area contributed by atoms with E-state index >= 15 is 8.78 Å². The van der Waals surface area contributed by atoms with Gasteiger partial charge in [-0.1, -0.05) is 19.1 Å². The smallest absolute Gasteiger partial charge is 0.301 e. The number of hydrogen-bond donors (Lipinski definition) is 3. The highest BCUT2D eigenvalue weighted by molar-refractivity contribution is 7.90. The molecule has 3 N–H and O–H groups in total. The minimum atomic E-state index is -4.15. The van der Waals surface area contributed by atoms with Crippen molar-refractivity contribution in [1.29, 1.82) is 0 Å². The molecule has 3 fully saturated rings. The number of carbonyl (C=O) groups is 4. The number of likely N-dealkylation sites (tertiary alicyclic amines) is 1. The topological polar surface area (TPSA) is 190 Å². The fourth-order valence-corrected chi connectivity index (χ4v) is 9.05. The Hall–Kier alpha value is -6.31. The fraction of sp³-hybridized carbons (Fsp3) is 0.364. The number of carbonyl (C=O) groups excluding carboxylic acids is 4. The highest BCUT2D eigenvalue weighted by atomic mass is 32.2. The summed E-state index contributed by atoms with van der Waals surface area (Å²) >= 11 is 0. The number of anilines is 2. The first-order chi connectivity index (χ1) is 30.3. The first kappa shape index (κ1) is 43.3. The number of imide groups is 1. The Morgan fingerprint density at radius 1 is 0.937 bits per heavy atom. The van der Waals surface area contributed by atoms with Gasteiger partial charge >= 0.3 is 10.2 Å². The van der Waals surface area contributed by atoms with Crippen molar-refractivity contribution >= 4 is 56.3 Å². The average molecular weight is 884 g/mol. The first-order valence-corrected chi connectivity index (χ1v) is 22.3. The summed E-state index contributed by atoms with van der Waals surface area (Å²) in [6.07, 6.45) is 6.47. The van der Waals surface area contributed by atoms with Crippen LogP contribution < -0.4 is 19.7 Å². The van der Waals surface area contributed by atoms with Gasteiger partial charge in [0, 0.05) is 93.3 Å². The third-order valence-electron chi connectivity index (χ3n) is 12.0.